The molecule has 1 aromatic rings. The van der Waals surface area contributed by atoms with Crippen molar-refractivity contribution in [2.24, 2.45) is 0 Å². The van der Waals surface area contributed by atoms with Crippen LogP contribution in [0.5, 0.6) is 11.5 Å². The van der Waals surface area contributed by atoms with Crippen LogP contribution in [0, 0.1) is 0 Å². The zero-order valence-electron chi connectivity index (χ0n) is 14.5. The average molecular weight is 360 g/mol. The zero-order valence-corrected chi connectivity index (χ0v) is 14.5. The van der Waals surface area contributed by atoms with Gasteiger partial charge in [-0.15, -0.1) is 0 Å². The van der Waals surface area contributed by atoms with Crippen LogP contribution in [0.15, 0.2) is 24.3 Å². The lowest BCUT2D eigenvalue weighted by Crippen LogP contribution is -2.51. The Bertz CT molecular complexity index is 737. The van der Waals surface area contributed by atoms with Gasteiger partial charge in [-0.25, -0.2) is 4.79 Å². The largest absolute Gasteiger partial charge is 0.454 e. The van der Waals surface area contributed by atoms with E-state index in [1.807, 2.05) is 0 Å². The summed E-state index contributed by atoms with van der Waals surface area (Å²) in [6.07, 6.45) is 2.85. The molecule has 0 unspecified atom stereocenters. The van der Waals surface area contributed by atoms with E-state index in [1.165, 1.54) is 13.0 Å². The van der Waals surface area contributed by atoms with Crippen LogP contribution in [0.3, 0.4) is 0 Å². The van der Waals surface area contributed by atoms with Gasteiger partial charge in [0.05, 0.1) is 0 Å². The lowest BCUT2D eigenvalue weighted by atomic mass is 10.2. The fourth-order valence-corrected chi connectivity index (χ4v) is 2.72. The predicted molar refractivity (Wildman–Crippen MR) is 91.4 cm³/mol. The van der Waals surface area contributed by atoms with Crippen LogP contribution < -0.4 is 9.47 Å². The van der Waals surface area contributed by atoms with Gasteiger partial charge in [0.2, 0.25) is 12.7 Å². The zero-order chi connectivity index (χ0) is 18.5. The summed E-state index contributed by atoms with van der Waals surface area (Å²) in [7, 11) is 0. The van der Waals surface area contributed by atoms with Gasteiger partial charge in [0, 0.05) is 39.2 Å². The summed E-state index contributed by atoms with van der Waals surface area (Å²) in [5, 5.41) is 0. The summed E-state index contributed by atoms with van der Waals surface area (Å²) in [4.78, 5) is 38.4. The number of amides is 2. The van der Waals surface area contributed by atoms with Crippen molar-refractivity contribution in [2.45, 2.75) is 6.92 Å². The van der Waals surface area contributed by atoms with Gasteiger partial charge in [0.15, 0.2) is 18.1 Å². The van der Waals surface area contributed by atoms with E-state index in [-0.39, 0.29) is 25.2 Å². The maximum absolute atomic E-state index is 12.1. The molecule has 0 spiro atoms. The first-order chi connectivity index (χ1) is 12.5. The number of ether oxygens (including phenoxy) is 3. The summed E-state index contributed by atoms with van der Waals surface area (Å²) >= 11 is 0. The van der Waals surface area contributed by atoms with Gasteiger partial charge in [-0.2, -0.15) is 0 Å². The lowest BCUT2D eigenvalue weighted by molar-refractivity contribution is -0.149. The molecule has 2 aliphatic heterocycles. The molecule has 0 radical (unpaired) electrons. The molecular weight excluding hydrogens is 340 g/mol. The topological polar surface area (TPSA) is 85.4 Å². The van der Waals surface area contributed by atoms with Crippen LogP contribution in [0.25, 0.3) is 6.08 Å². The monoisotopic (exact) mass is 360 g/mol. The van der Waals surface area contributed by atoms with Crippen LogP contribution in [-0.4, -0.2) is 67.2 Å². The number of hydrogen-bond acceptors (Lipinski definition) is 6. The Balaban J connectivity index is 1.44. The van der Waals surface area contributed by atoms with Crippen molar-refractivity contribution in [3.8, 4) is 11.5 Å². The number of fused-ring (bicyclic) bond motifs is 1. The molecule has 0 aliphatic carbocycles. The van der Waals surface area contributed by atoms with E-state index in [2.05, 4.69) is 0 Å². The SMILES string of the molecule is CC(=O)N1CCN(C(=O)COC(=O)/C=C/c2ccc3c(c2)OCO3)CC1. The van der Waals surface area contributed by atoms with Crippen molar-refractivity contribution < 1.29 is 28.6 Å². The molecule has 1 saturated heterocycles. The van der Waals surface area contributed by atoms with Crippen molar-refractivity contribution in [2.75, 3.05) is 39.6 Å². The molecular formula is C18H20N2O6. The van der Waals surface area contributed by atoms with Gasteiger partial charge in [-0.3, -0.25) is 9.59 Å². The second-order valence-corrected chi connectivity index (χ2v) is 5.94. The highest BCUT2D eigenvalue weighted by atomic mass is 16.7. The Hall–Kier alpha value is -3.03. The van der Waals surface area contributed by atoms with Gasteiger partial charge < -0.3 is 24.0 Å². The van der Waals surface area contributed by atoms with Gasteiger partial charge in [0.1, 0.15) is 0 Å². The maximum Gasteiger partial charge on any atom is 0.331 e. The van der Waals surface area contributed by atoms with Crippen molar-refractivity contribution >= 4 is 23.9 Å². The molecule has 0 saturated carbocycles. The predicted octanol–water partition coefficient (Wildman–Crippen LogP) is 0.662. The van der Waals surface area contributed by atoms with Crippen LogP contribution >= 0.6 is 0 Å². The molecule has 3 rings (SSSR count). The third-order valence-electron chi connectivity index (χ3n) is 4.22. The van der Waals surface area contributed by atoms with E-state index in [4.69, 9.17) is 14.2 Å². The molecule has 1 aromatic carbocycles. The highest BCUT2D eigenvalue weighted by molar-refractivity contribution is 5.89. The lowest BCUT2D eigenvalue weighted by Gasteiger charge is -2.34. The van der Waals surface area contributed by atoms with Crippen molar-refractivity contribution in [3.05, 3.63) is 29.8 Å². The second-order valence-electron chi connectivity index (χ2n) is 5.94. The molecule has 0 atom stereocenters. The van der Waals surface area contributed by atoms with E-state index >= 15 is 0 Å². The van der Waals surface area contributed by atoms with E-state index in [0.717, 1.165) is 5.56 Å². The number of carbonyl (C=O) groups excluding carboxylic acids is 3. The number of piperazine rings is 1. The Morgan fingerprint density at radius 1 is 1.08 bits per heavy atom. The number of hydrogen-bond donors (Lipinski definition) is 0. The normalized spacial score (nSPS) is 16.0. The molecule has 8 nitrogen and oxygen atoms in total. The number of rotatable bonds is 4. The van der Waals surface area contributed by atoms with E-state index in [0.29, 0.717) is 37.7 Å². The summed E-state index contributed by atoms with van der Waals surface area (Å²) in [5.74, 6) is 0.425. The van der Waals surface area contributed by atoms with Gasteiger partial charge in [0.25, 0.3) is 5.91 Å². The molecule has 2 amide bonds. The Morgan fingerprint density at radius 3 is 2.50 bits per heavy atom. The molecule has 0 bridgehead atoms. The Morgan fingerprint density at radius 2 is 1.77 bits per heavy atom. The van der Waals surface area contributed by atoms with Gasteiger partial charge in [-0.1, -0.05) is 6.07 Å². The minimum atomic E-state index is -0.599. The molecule has 2 heterocycles. The first-order valence-electron chi connectivity index (χ1n) is 8.31. The molecule has 0 aromatic heterocycles. The number of esters is 1. The summed E-state index contributed by atoms with van der Waals surface area (Å²) < 4.78 is 15.5. The Kier molecular flexibility index (Phi) is 5.40. The van der Waals surface area contributed by atoms with Crippen LogP contribution in [0.1, 0.15) is 12.5 Å². The number of nitrogens with zero attached hydrogens (tertiary/aromatic N) is 2. The number of benzene rings is 1. The van der Waals surface area contributed by atoms with Gasteiger partial charge >= 0.3 is 5.97 Å². The summed E-state index contributed by atoms with van der Waals surface area (Å²) in [5.41, 5.74) is 0.762. The fourth-order valence-electron chi connectivity index (χ4n) is 2.72. The number of carbonyl (C=O) groups is 3. The average Bonchev–Trinajstić information content (AvgIpc) is 3.12. The van der Waals surface area contributed by atoms with Crippen LogP contribution in [0.4, 0.5) is 0 Å². The first-order valence-corrected chi connectivity index (χ1v) is 8.31. The van der Waals surface area contributed by atoms with Crippen molar-refractivity contribution in [1.29, 1.82) is 0 Å². The fraction of sp³-hybridized carbons (Fsp3) is 0.389. The highest BCUT2D eigenvalue weighted by Gasteiger charge is 2.22. The van der Waals surface area contributed by atoms with E-state index in [9.17, 15) is 14.4 Å². The summed E-state index contributed by atoms with van der Waals surface area (Å²) in [6, 6.07) is 5.31. The van der Waals surface area contributed by atoms with Crippen LogP contribution in [-0.2, 0) is 19.1 Å². The third kappa shape index (κ3) is 4.33. The first kappa shape index (κ1) is 17.8. The molecule has 2 aliphatic rings. The maximum atomic E-state index is 12.1. The van der Waals surface area contributed by atoms with E-state index in [1.54, 1.807) is 34.1 Å². The molecule has 138 valence electrons. The van der Waals surface area contributed by atoms with Crippen molar-refractivity contribution in [3.63, 3.8) is 0 Å². The summed E-state index contributed by atoms with van der Waals surface area (Å²) in [6.45, 7) is 3.27. The molecule has 8 heteroatoms. The molecule has 0 N–H and O–H groups in total. The van der Waals surface area contributed by atoms with Crippen molar-refractivity contribution in [1.82, 2.24) is 9.80 Å². The highest BCUT2D eigenvalue weighted by Crippen LogP contribution is 2.32. The molecule has 26 heavy (non-hydrogen) atoms. The Labute approximate surface area is 150 Å². The quantitative estimate of drug-likeness (QED) is 0.579. The minimum Gasteiger partial charge on any atom is -0.454 e. The smallest absolute Gasteiger partial charge is 0.331 e. The second kappa shape index (κ2) is 7.90. The molecule has 1 fully saturated rings. The van der Waals surface area contributed by atoms with Crippen LogP contribution in [0.2, 0.25) is 0 Å². The minimum absolute atomic E-state index is 0.00261. The third-order valence-corrected chi connectivity index (χ3v) is 4.22. The van der Waals surface area contributed by atoms with Gasteiger partial charge in [-0.05, 0) is 23.8 Å². The van der Waals surface area contributed by atoms with E-state index < -0.39 is 5.97 Å². The standard InChI is InChI=1S/C18H20N2O6/c1-13(21)19-6-8-20(9-7-19)17(22)11-24-18(23)5-3-14-2-4-15-16(10-14)26-12-25-15/h2-5,10H,6-9,11-12H2,1H3/b5-3+.